The number of aromatic nitrogens is 2. The van der Waals surface area contributed by atoms with E-state index in [4.69, 9.17) is 0 Å². The van der Waals surface area contributed by atoms with E-state index in [9.17, 15) is 8.42 Å². The maximum atomic E-state index is 13.1. The fourth-order valence-corrected chi connectivity index (χ4v) is 4.93. The third-order valence-electron chi connectivity index (χ3n) is 5.75. The summed E-state index contributed by atoms with van der Waals surface area (Å²) in [6.45, 7) is 2.75. The van der Waals surface area contributed by atoms with Crippen molar-refractivity contribution in [1.29, 1.82) is 0 Å². The summed E-state index contributed by atoms with van der Waals surface area (Å²) in [5.74, 6) is 0.625. The molecule has 6 nitrogen and oxygen atoms in total. The topological polar surface area (TPSA) is 67.2 Å². The van der Waals surface area contributed by atoms with E-state index in [1.807, 2.05) is 52.3 Å². The van der Waals surface area contributed by atoms with Gasteiger partial charge in [0.15, 0.2) is 0 Å². The third-order valence-corrected chi connectivity index (χ3v) is 7.11. The van der Waals surface area contributed by atoms with E-state index in [1.165, 1.54) is 18.4 Å². The van der Waals surface area contributed by atoms with Crippen LogP contribution < -0.4 is 4.72 Å². The van der Waals surface area contributed by atoms with Gasteiger partial charge in [-0.2, -0.15) is 5.10 Å². The van der Waals surface area contributed by atoms with Crippen molar-refractivity contribution in [2.24, 2.45) is 13.0 Å². The number of hydrogen-bond acceptors (Lipinski definition) is 4. The molecule has 0 aliphatic heterocycles. The van der Waals surface area contributed by atoms with Gasteiger partial charge in [0.25, 0.3) is 10.0 Å². The highest BCUT2D eigenvalue weighted by molar-refractivity contribution is 7.92. The highest BCUT2D eigenvalue weighted by atomic mass is 32.2. The van der Waals surface area contributed by atoms with Crippen LogP contribution >= 0.6 is 0 Å². The molecule has 0 saturated heterocycles. The first-order valence-corrected chi connectivity index (χ1v) is 12.1. The van der Waals surface area contributed by atoms with Gasteiger partial charge in [-0.1, -0.05) is 30.3 Å². The van der Waals surface area contributed by atoms with Gasteiger partial charge in [-0.3, -0.25) is 9.40 Å². The van der Waals surface area contributed by atoms with Gasteiger partial charge in [0, 0.05) is 13.6 Å². The number of hydrogen-bond donors (Lipinski definition) is 1. The van der Waals surface area contributed by atoms with Crippen LogP contribution in [0, 0.1) is 12.8 Å². The predicted octanol–water partition coefficient (Wildman–Crippen LogP) is 4.21. The molecule has 0 spiro atoms. The quantitative estimate of drug-likeness (QED) is 0.572. The molecule has 7 heteroatoms. The first-order chi connectivity index (χ1) is 14.7. The minimum atomic E-state index is -3.69. The molecule has 4 rings (SSSR count). The minimum Gasteiger partial charge on any atom is -0.305 e. The maximum absolute atomic E-state index is 13.1. The molecule has 1 fully saturated rings. The summed E-state index contributed by atoms with van der Waals surface area (Å²) < 4.78 is 30.7. The molecular formula is C24H30N4O2S. The molecule has 1 aromatic heterocycles. The van der Waals surface area contributed by atoms with Crippen LogP contribution in [0.3, 0.4) is 0 Å². The molecule has 0 amide bonds. The molecule has 1 N–H and O–H groups in total. The number of rotatable bonds is 8. The summed E-state index contributed by atoms with van der Waals surface area (Å²) in [6.07, 6.45) is 3.21. The van der Waals surface area contributed by atoms with Crippen molar-refractivity contribution in [1.82, 2.24) is 14.7 Å². The van der Waals surface area contributed by atoms with Gasteiger partial charge in [0.1, 0.15) is 0 Å². The highest BCUT2D eigenvalue weighted by Gasteiger charge is 2.27. The van der Waals surface area contributed by atoms with Crippen molar-refractivity contribution in [2.75, 3.05) is 18.8 Å². The maximum Gasteiger partial charge on any atom is 0.262 e. The van der Waals surface area contributed by atoms with Gasteiger partial charge in [0.2, 0.25) is 0 Å². The monoisotopic (exact) mass is 438 g/mol. The van der Waals surface area contributed by atoms with Crippen LogP contribution in [-0.4, -0.2) is 37.2 Å². The Morgan fingerprint density at radius 3 is 2.45 bits per heavy atom. The lowest BCUT2D eigenvalue weighted by atomic mass is 10.0. The smallest absolute Gasteiger partial charge is 0.262 e. The molecule has 0 bridgehead atoms. The summed E-state index contributed by atoms with van der Waals surface area (Å²) in [6, 6.07) is 15.4. The second-order valence-corrected chi connectivity index (χ2v) is 10.4. The predicted molar refractivity (Wildman–Crippen MR) is 124 cm³/mol. The van der Waals surface area contributed by atoms with Gasteiger partial charge >= 0.3 is 0 Å². The lowest BCUT2D eigenvalue weighted by molar-refractivity contribution is 0.402. The van der Waals surface area contributed by atoms with Crippen molar-refractivity contribution in [3.05, 3.63) is 65.5 Å². The van der Waals surface area contributed by atoms with Crippen LogP contribution in [0.4, 0.5) is 5.69 Å². The number of sulfonamides is 1. The van der Waals surface area contributed by atoms with E-state index in [-0.39, 0.29) is 4.90 Å². The van der Waals surface area contributed by atoms with Crippen LogP contribution in [0.25, 0.3) is 11.1 Å². The molecule has 0 unspecified atom stereocenters. The Balaban J connectivity index is 1.56. The van der Waals surface area contributed by atoms with Gasteiger partial charge in [-0.05, 0) is 81.1 Å². The van der Waals surface area contributed by atoms with Crippen molar-refractivity contribution in [2.45, 2.75) is 37.6 Å². The molecule has 1 aliphatic rings. The molecule has 1 aliphatic carbocycles. The van der Waals surface area contributed by atoms with Gasteiger partial charge < -0.3 is 4.90 Å². The summed E-state index contributed by atoms with van der Waals surface area (Å²) in [7, 11) is 2.24. The SMILES string of the molecule is Cc1c(NS(=O)(=O)c2ccc(-c3cccc(CN(C)C)c3)cc2)c(CC2CC2)nn1C. The van der Waals surface area contributed by atoms with E-state index in [0.29, 0.717) is 11.6 Å². The largest absolute Gasteiger partial charge is 0.305 e. The Bertz CT molecular complexity index is 1180. The molecule has 31 heavy (non-hydrogen) atoms. The van der Waals surface area contributed by atoms with Crippen molar-refractivity contribution < 1.29 is 8.42 Å². The third kappa shape index (κ3) is 4.99. The Kier molecular flexibility index (Phi) is 5.90. The van der Waals surface area contributed by atoms with Crippen LogP contribution in [0.15, 0.2) is 53.4 Å². The van der Waals surface area contributed by atoms with Gasteiger partial charge in [-0.25, -0.2) is 8.42 Å². The Morgan fingerprint density at radius 2 is 1.81 bits per heavy atom. The fraction of sp³-hybridized carbons (Fsp3) is 0.375. The van der Waals surface area contributed by atoms with E-state index in [1.54, 1.807) is 16.8 Å². The molecule has 0 atom stereocenters. The van der Waals surface area contributed by atoms with E-state index in [2.05, 4.69) is 26.9 Å². The van der Waals surface area contributed by atoms with E-state index in [0.717, 1.165) is 35.5 Å². The average Bonchev–Trinajstić information content (AvgIpc) is 3.50. The number of aryl methyl sites for hydroxylation is 1. The summed E-state index contributed by atoms with van der Waals surface area (Å²) >= 11 is 0. The number of nitrogens with zero attached hydrogens (tertiary/aromatic N) is 3. The zero-order chi connectivity index (χ0) is 22.2. The number of nitrogens with one attached hydrogen (secondary N) is 1. The molecule has 164 valence electrons. The molecule has 0 radical (unpaired) electrons. The van der Waals surface area contributed by atoms with Gasteiger partial charge in [0.05, 0.1) is 22.0 Å². The first kappa shape index (κ1) is 21.6. The normalized spacial score (nSPS) is 14.2. The zero-order valence-electron chi connectivity index (χ0n) is 18.6. The molecule has 1 saturated carbocycles. The standard InChI is InChI=1S/C24H30N4O2S/c1-17-24(23(25-28(17)4)15-18-8-9-18)26-31(29,30)22-12-10-20(11-13-22)21-7-5-6-19(14-21)16-27(2)3/h5-7,10-14,18,26H,8-9,15-16H2,1-4H3. The summed E-state index contributed by atoms with van der Waals surface area (Å²) in [5.41, 5.74) is 5.57. The summed E-state index contributed by atoms with van der Waals surface area (Å²) in [4.78, 5) is 2.37. The second kappa shape index (κ2) is 8.48. The van der Waals surface area contributed by atoms with E-state index < -0.39 is 10.0 Å². The molecular weight excluding hydrogens is 408 g/mol. The fourth-order valence-electron chi connectivity index (χ4n) is 3.78. The van der Waals surface area contributed by atoms with Gasteiger partial charge in [-0.15, -0.1) is 0 Å². The zero-order valence-corrected chi connectivity index (χ0v) is 19.4. The van der Waals surface area contributed by atoms with Crippen LogP contribution in [0.2, 0.25) is 0 Å². The van der Waals surface area contributed by atoms with Crippen LogP contribution in [0.1, 0.15) is 29.8 Å². The van der Waals surface area contributed by atoms with Crippen molar-refractivity contribution >= 4 is 15.7 Å². The lowest BCUT2D eigenvalue weighted by Gasteiger charge is -2.12. The van der Waals surface area contributed by atoms with E-state index >= 15 is 0 Å². The number of anilines is 1. The second-order valence-electron chi connectivity index (χ2n) is 8.75. The average molecular weight is 439 g/mol. The van der Waals surface area contributed by atoms with Crippen LogP contribution in [-0.2, 0) is 30.0 Å². The van der Waals surface area contributed by atoms with Crippen molar-refractivity contribution in [3.8, 4) is 11.1 Å². The minimum absolute atomic E-state index is 0.251. The summed E-state index contributed by atoms with van der Waals surface area (Å²) in [5, 5.41) is 4.54. The molecule has 2 aromatic carbocycles. The lowest BCUT2D eigenvalue weighted by Crippen LogP contribution is -2.14. The Labute approximate surface area is 185 Å². The van der Waals surface area contributed by atoms with Crippen molar-refractivity contribution in [3.63, 3.8) is 0 Å². The Hall–Kier alpha value is -2.64. The number of benzene rings is 2. The van der Waals surface area contributed by atoms with Crippen LogP contribution in [0.5, 0.6) is 0 Å². The molecule has 3 aromatic rings. The molecule has 1 heterocycles. The Morgan fingerprint density at radius 1 is 1.10 bits per heavy atom. The highest BCUT2D eigenvalue weighted by Crippen LogP contribution is 2.35. The first-order valence-electron chi connectivity index (χ1n) is 10.6.